The van der Waals surface area contributed by atoms with E-state index in [-0.39, 0.29) is 11.6 Å². The normalized spacial score (nSPS) is 18.5. The van der Waals surface area contributed by atoms with Gasteiger partial charge in [0, 0.05) is 24.8 Å². The smallest absolute Gasteiger partial charge is 0.129 e. The van der Waals surface area contributed by atoms with Crippen LogP contribution in [-0.2, 0) is 11.2 Å². The van der Waals surface area contributed by atoms with Gasteiger partial charge in [-0.25, -0.2) is 8.78 Å². The first-order chi connectivity index (χ1) is 9.20. The summed E-state index contributed by atoms with van der Waals surface area (Å²) in [5, 5.41) is 3.18. The highest BCUT2D eigenvalue weighted by Crippen LogP contribution is 2.23. The predicted molar refractivity (Wildman–Crippen MR) is 71.1 cm³/mol. The van der Waals surface area contributed by atoms with Crippen LogP contribution in [0.4, 0.5) is 8.78 Å². The van der Waals surface area contributed by atoms with Crippen LogP contribution in [0.5, 0.6) is 0 Å². The Bertz CT molecular complexity index is 385. The zero-order valence-electron chi connectivity index (χ0n) is 11.3. The van der Waals surface area contributed by atoms with Crippen molar-refractivity contribution >= 4 is 0 Å². The maximum Gasteiger partial charge on any atom is 0.129 e. The largest absolute Gasteiger partial charge is 0.381 e. The Hall–Kier alpha value is -1.00. The molecule has 0 amide bonds. The second-order valence-electron chi connectivity index (χ2n) is 5.18. The Kier molecular flexibility index (Phi) is 5.28. The van der Waals surface area contributed by atoms with Crippen LogP contribution in [0.2, 0.25) is 0 Å². The summed E-state index contributed by atoms with van der Waals surface area (Å²) in [6.45, 7) is 1.60. The molecular weight excluding hydrogens is 248 g/mol. The first-order valence-electron chi connectivity index (χ1n) is 6.88. The van der Waals surface area contributed by atoms with Crippen molar-refractivity contribution in [2.45, 2.75) is 31.7 Å². The Morgan fingerprint density at radius 3 is 2.47 bits per heavy atom. The first-order valence-corrected chi connectivity index (χ1v) is 6.88. The molecule has 1 aromatic rings. The number of ether oxygens (including phenoxy) is 1. The van der Waals surface area contributed by atoms with Gasteiger partial charge in [-0.15, -0.1) is 0 Å². The van der Waals surface area contributed by atoms with E-state index in [4.69, 9.17) is 4.74 Å². The second-order valence-corrected chi connectivity index (χ2v) is 5.18. The van der Waals surface area contributed by atoms with E-state index in [1.165, 1.54) is 18.2 Å². The summed E-state index contributed by atoms with van der Waals surface area (Å²) >= 11 is 0. The van der Waals surface area contributed by atoms with Gasteiger partial charge in [-0.3, -0.25) is 0 Å². The minimum atomic E-state index is -0.452. The number of rotatable bonds is 5. The number of benzene rings is 1. The molecule has 19 heavy (non-hydrogen) atoms. The Morgan fingerprint density at radius 2 is 1.89 bits per heavy atom. The van der Waals surface area contributed by atoms with Gasteiger partial charge in [-0.2, -0.15) is 0 Å². The van der Waals surface area contributed by atoms with Gasteiger partial charge in [0.05, 0.1) is 0 Å². The van der Waals surface area contributed by atoms with Crippen LogP contribution in [0.15, 0.2) is 18.2 Å². The van der Waals surface area contributed by atoms with Crippen molar-refractivity contribution in [2.24, 2.45) is 5.92 Å². The molecule has 1 saturated heterocycles. The minimum Gasteiger partial charge on any atom is -0.381 e. The van der Waals surface area contributed by atoms with Gasteiger partial charge in [0.2, 0.25) is 0 Å². The van der Waals surface area contributed by atoms with Gasteiger partial charge < -0.3 is 10.1 Å². The maximum absolute atomic E-state index is 13.6. The monoisotopic (exact) mass is 269 g/mol. The van der Waals surface area contributed by atoms with E-state index in [0.717, 1.165) is 32.5 Å². The number of hydrogen-bond acceptors (Lipinski definition) is 2. The third-order valence-electron chi connectivity index (χ3n) is 3.88. The third kappa shape index (κ3) is 3.98. The summed E-state index contributed by atoms with van der Waals surface area (Å²) in [7, 11) is 1.85. The molecule has 1 aliphatic rings. The third-order valence-corrected chi connectivity index (χ3v) is 3.88. The molecule has 1 N–H and O–H groups in total. The Balaban J connectivity index is 1.98. The molecule has 1 fully saturated rings. The summed E-state index contributed by atoms with van der Waals surface area (Å²) in [5.41, 5.74) is 0.189. The van der Waals surface area contributed by atoms with Crippen molar-refractivity contribution in [3.63, 3.8) is 0 Å². The standard InChI is InChI=1S/C15H21F2NO/c1-18-12(9-11-5-7-19-8-6-11)10-13-14(16)3-2-4-15(13)17/h2-4,11-12,18H,5-10H2,1H3. The van der Waals surface area contributed by atoms with E-state index in [9.17, 15) is 8.78 Å². The summed E-state index contributed by atoms with van der Waals surface area (Å²) in [4.78, 5) is 0. The average molecular weight is 269 g/mol. The fourth-order valence-electron chi connectivity index (χ4n) is 2.66. The molecule has 1 aromatic carbocycles. The zero-order valence-corrected chi connectivity index (χ0v) is 11.3. The number of halogens is 2. The summed E-state index contributed by atoms with van der Waals surface area (Å²) in [6, 6.07) is 4.15. The molecule has 4 heteroatoms. The molecular formula is C15H21F2NO. The maximum atomic E-state index is 13.6. The summed E-state index contributed by atoms with van der Waals surface area (Å²) < 4.78 is 32.6. The highest BCUT2D eigenvalue weighted by Gasteiger charge is 2.20. The van der Waals surface area contributed by atoms with Crippen LogP contribution in [0, 0.1) is 17.6 Å². The van der Waals surface area contributed by atoms with Crippen molar-refractivity contribution < 1.29 is 13.5 Å². The molecule has 2 nitrogen and oxygen atoms in total. The molecule has 2 rings (SSSR count). The summed E-state index contributed by atoms with van der Waals surface area (Å²) in [6.07, 6.45) is 3.41. The Labute approximate surface area is 113 Å². The van der Waals surface area contributed by atoms with E-state index in [0.29, 0.717) is 12.3 Å². The fraction of sp³-hybridized carbons (Fsp3) is 0.600. The predicted octanol–water partition coefficient (Wildman–Crippen LogP) is 2.91. The van der Waals surface area contributed by atoms with Crippen molar-refractivity contribution in [1.82, 2.24) is 5.32 Å². The van der Waals surface area contributed by atoms with Crippen LogP contribution >= 0.6 is 0 Å². The summed E-state index contributed by atoms with van der Waals surface area (Å²) in [5.74, 6) is -0.319. The fourth-order valence-corrected chi connectivity index (χ4v) is 2.66. The molecule has 1 atom stereocenters. The minimum absolute atomic E-state index is 0.106. The highest BCUT2D eigenvalue weighted by atomic mass is 19.1. The van der Waals surface area contributed by atoms with E-state index in [1.807, 2.05) is 7.05 Å². The van der Waals surface area contributed by atoms with Crippen LogP contribution in [0.1, 0.15) is 24.8 Å². The van der Waals surface area contributed by atoms with Crippen molar-refractivity contribution in [1.29, 1.82) is 0 Å². The number of nitrogens with one attached hydrogen (secondary N) is 1. The molecule has 1 aliphatic heterocycles. The van der Waals surface area contributed by atoms with Crippen LogP contribution in [0.3, 0.4) is 0 Å². The zero-order chi connectivity index (χ0) is 13.7. The molecule has 0 radical (unpaired) electrons. The molecule has 0 bridgehead atoms. The van der Waals surface area contributed by atoms with Gasteiger partial charge >= 0.3 is 0 Å². The molecule has 106 valence electrons. The van der Waals surface area contributed by atoms with E-state index < -0.39 is 11.6 Å². The van der Waals surface area contributed by atoms with Crippen molar-refractivity contribution in [3.05, 3.63) is 35.4 Å². The van der Waals surface area contributed by atoms with E-state index >= 15 is 0 Å². The van der Waals surface area contributed by atoms with Crippen LogP contribution < -0.4 is 5.32 Å². The Morgan fingerprint density at radius 1 is 1.26 bits per heavy atom. The second kappa shape index (κ2) is 6.96. The average Bonchev–Trinajstić information content (AvgIpc) is 2.43. The van der Waals surface area contributed by atoms with E-state index in [2.05, 4.69) is 5.32 Å². The molecule has 0 spiro atoms. The van der Waals surface area contributed by atoms with E-state index in [1.54, 1.807) is 0 Å². The highest BCUT2D eigenvalue weighted by molar-refractivity contribution is 5.20. The molecule has 1 unspecified atom stereocenters. The molecule has 1 heterocycles. The van der Waals surface area contributed by atoms with Crippen molar-refractivity contribution in [3.8, 4) is 0 Å². The van der Waals surface area contributed by atoms with Gasteiger partial charge in [-0.1, -0.05) is 6.07 Å². The van der Waals surface area contributed by atoms with Gasteiger partial charge in [0.25, 0.3) is 0 Å². The number of hydrogen-bond donors (Lipinski definition) is 1. The first kappa shape index (κ1) is 14.4. The molecule has 0 aliphatic carbocycles. The van der Waals surface area contributed by atoms with Gasteiger partial charge in [0.1, 0.15) is 11.6 Å². The van der Waals surface area contributed by atoms with Gasteiger partial charge in [-0.05, 0) is 50.8 Å². The van der Waals surface area contributed by atoms with Crippen LogP contribution in [0.25, 0.3) is 0 Å². The lowest BCUT2D eigenvalue weighted by molar-refractivity contribution is 0.0608. The lowest BCUT2D eigenvalue weighted by Crippen LogP contribution is -2.32. The lowest BCUT2D eigenvalue weighted by Gasteiger charge is -2.26. The molecule has 0 saturated carbocycles. The molecule has 0 aromatic heterocycles. The van der Waals surface area contributed by atoms with Crippen molar-refractivity contribution in [2.75, 3.05) is 20.3 Å². The topological polar surface area (TPSA) is 21.3 Å². The lowest BCUT2D eigenvalue weighted by atomic mass is 9.89. The van der Waals surface area contributed by atoms with Crippen LogP contribution in [-0.4, -0.2) is 26.3 Å². The quantitative estimate of drug-likeness (QED) is 0.887. The SMILES string of the molecule is CNC(Cc1c(F)cccc1F)CC1CCOCC1. The van der Waals surface area contributed by atoms with Gasteiger partial charge in [0.15, 0.2) is 0 Å². The number of likely N-dealkylation sites (N-methyl/N-ethyl adjacent to an activating group) is 1.